The van der Waals surface area contributed by atoms with Crippen molar-refractivity contribution < 1.29 is 14.4 Å². The van der Waals surface area contributed by atoms with Crippen LogP contribution < -0.4 is 27.8 Å². The van der Waals surface area contributed by atoms with Crippen LogP contribution in [0.15, 0.2) is 89.9 Å². The van der Waals surface area contributed by atoms with Gasteiger partial charge in [0.1, 0.15) is 12.1 Å². The number of primary amides is 1. The number of nitrogens with one attached hydrogen (secondary N) is 2. The molecule has 3 aromatic carbocycles. The van der Waals surface area contributed by atoms with E-state index in [-0.39, 0.29) is 25.3 Å². The number of nitrogens with two attached hydrogens (primary N) is 3. The molecule has 0 aliphatic carbocycles. The lowest BCUT2D eigenvalue weighted by molar-refractivity contribution is -0.128. The van der Waals surface area contributed by atoms with Gasteiger partial charge in [0.15, 0.2) is 5.96 Å². The average Bonchev–Trinajstić information content (AvgIpc) is 2.90. The van der Waals surface area contributed by atoms with Crippen molar-refractivity contribution in [2.75, 3.05) is 6.54 Å². The molecule has 9 nitrogen and oxygen atoms in total. The van der Waals surface area contributed by atoms with Gasteiger partial charge in [-0.2, -0.15) is 0 Å². The highest BCUT2D eigenvalue weighted by Gasteiger charge is 2.26. The smallest absolute Gasteiger partial charge is 0.251 e. The normalized spacial score (nSPS) is 12.1. The van der Waals surface area contributed by atoms with E-state index in [1.54, 1.807) is 12.1 Å². The van der Waals surface area contributed by atoms with Crippen LogP contribution in [0.1, 0.15) is 28.8 Å². The second kappa shape index (κ2) is 13.4. The van der Waals surface area contributed by atoms with Crippen LogP contribution >= 0.6 is 0 Å². The van der Waals surface area contributed by atoms with Crippen LogP contribution in [0.5, 0.6) is 0 Å². The number of rotatable bonds is 12. The Kier molecular flexibility index (Phi) is 9.78. The molecule has 192 valence electrons. The molecule has 0 unspecified atom stereocenters. The quantitative estimate of drug-likeness (QED) is 0.145. The van der Waals surface area contributed by atoms with E-state index in [4.69, 9.17) is 17.2 Å². The Hall–Kier alpha value is -4.66. The molecule has 3 aromatic rings. The minimum absolute atomic E-state index is 0.0554. The van der Waals surface area contributed by atoms with Crippen molar-refractivity contribution in [2.24, 2.45) is 22.2 Å². The molecule has 0 spiro atoms. The molecular weight excluding hydrogens is 468 g/mol. The number of carbonyl (C=O) groups excluding carboxylic acids is 3. The van der Waals surface area contributed by atoms with Gasteiger partial charge in [0.2, 0.25) is 11.8 Å². The molecule has 0 saturated heterocycles. The molecule has 0 aromatic heterocycles. The van der Waals surface area contributed by atoms with Gasteiger partial charge in [-0.15, -0.1) is 0 Å². The van der Waals surface area contributed by atoms with Crippen LogP contribution in [0.2, 0.25) is 0 Å². The SMILES string of the molecule is NC(=O)[C@H](Cc1ccccc1)NC(=O)[C@H](CCCN=C(N)N)NC(=O)c1ccc(-c2ccccc2)cc1. The fraction of sp³-hybridized carbons (Fsp3) is 0.214. The number of carbonyl (C=O) groups is 3. The zero-order valence-corrected chi connectivity index (χ0v) is 20.5. The Morgan fingerprint density at radius 2 is 1.32 bits per heavy atom. The van der Waals surface area contributed by atoms with Gasteiger partial charge in [0, 0.05) is 18.5 Å². The first-order chi connectivity index (χ1) is 17.8. The van der Waals surface area contributed by atoms with E-state index in [1.807, 2.05) is 72.8 Å². The number of guanidine groups is 1. The second-order valence-electron chi connectivity index (χ2n) is 8.57. The highest BCUT2D eigenvalue weighted by molar-refractivity contribution is 5.98. The number of hydrogen-bond donors (Lipinski definition) is 5. The van der Waals surface area contributed by atoms with Crippen LogP contribution in [0.3, 0.4) is 0 Å². The van der Waals surface area contributed by atoms with Crippen molar-refractivity contribution in [2.45, 2.75) is 31.3 Å². The van der Waals surface area contributed by atoms with Crippen LogP contribution in [0, 0.1) is 0 Å². The Morgan fingerprint density at radius 3 is 1.92 bits per heavy atom. The number of aliphatic imine (C=N–C) groups is 1. The summed E-state index contributed by atoms with van der Waals surface area (Å²) in [5, 5.41) is 5.46. The summed E-state index contributed by atoms with van der Waals surface area (Å²) in [7, 11) is 0. The molecule has 3 rings (SSSR count). The van der Waals surface area contributed by atoms with Gasteiger partial charge in [-0.05, 0) is 41.7 Å². The standard InChI is InChI=1S/C28H32N6O3/c29-25(35)24(18-19-8-3-1-4-9-19)34-27(37)23(12-7-17-32-28(30)31)33-26(36)22-15-13-21(14-16-22)20-10-5-2-6-11-20/h1-6,8-11,13-16,23-24H,7,12,17-18H2,(H2,29,35)(H,33,36)(H,34,37)(H4,30,31,32)/t23-,24-/m0/s1. The maximum absolute atomic E-state index is 13.2. The predicted molar refractivity (Wildman–Crippen MR) is 144 cm³/mol. The third-order valence-corrected chi connectivity index (χ3v) is 5.76. The summed E-state index contributed by atoms with van der Waals surface area (Å²) in [6.07, 6.45) is 0.925. The largest absolute Gasteiger partial charge is 0.370 e. The zero-order valence-electron chi connectivity index (χ0n) is 20.5. The summed E-state index contributed by atoms with van der Waals surface area (Å²) >= 11 is 0. The van der Waals surface area contributed by atoms with Crippen molar-refractivity contribution in [1.29, 1.82) is 0 Å². The fourth-order valence-corrected chi connectivity index (χ4v) is 3.80. The molecule has 9 heteroatoms. The Bertz CT molecular complexity index is 1210. The summed E-state index contributed by atoms with van der Waals surface area (Å²) in [5.74, 6) is -1.65. The molecule has 0 aliphatic rings. The summed E-state index contributed by atoms with van der Waals surface area (Å²) in [6.45, 7) is 0.289. The number of nitrogens with zero attached hydrogens (tertiary/aromatic N) is 1. The lowest BCUT2D eigenvalue weighted by Crippen LogP contribution is -2.53. The van der Waals surface area contributed by atoms with Gasteiger partial charge in [0.25, 0.3) is 5.91 Å². The Labute approximate surface area is 216 Å². The van der Waals surface area contributed by atoms with Crippen molar-refractivity contribution in [3.05, 3.63) is 96.1 Å². The highest BCUT2D eigenvalue weighted by Crippen LogP contribution is 2.19. The third-order valence-electron chi connectivity index (χ3n) is 5.76. The van der Waals surface area contributed by atoms with Crippen LogP contribution in [0.4, 0.5) is 0 Å². The second-order valence-corrected chi connectivity index (χ2v) is 8.57. The third kappa shape index (κ3) is 8.50. The highest BCUT2D eigenvalue weighted by atomic mass is 16.2. The van der Waals surface area contributed by atoms with Crippen LogP contribution in [-0.2, 0) is 16.0 Å². The maximum atomic E-state index is 13.2. The monoisotopic (exact) mass is 500 g/mol. The van der Waals surface area contributed by atoms with E-state index in [9.17, 15) is 14.4 Å². The lowest BCUT2D eigenvalue weighted by atomic mass is 10.0. The number of amides is 3. The molecule has 0 saturated carbocycles. The first-order valence-corrected chi connectivity index (χ1v) is 12.0. The summed E-state index contributed by atoms with van der Waals surface area (Å²) in [6, 6.07) is 24.3. The summed E-state index contributed by atoms with van der Waals surface area (Å²) in [4.78, 5) is 42.2. The topological polar surface area (TPSA) is 166 Å². The first kappa shape index (κ1) is 26.9. The van der Waals surface area contributed by atoms with Crippen LogP contribution in [0.25, 0.3) is 11.1 Å². The van der Waals surface area contributed by atoms with E-state index >= 15 is 0 Å². The molecule has 0 heterocycles. The molecule has 8 N–H and O–H groups in total. The van der Waals surface area contributed by atoms with E-state index in [0.29, 0.717) is 12.0 Å². The van der Waals surface area contributed by atoms with Crippen molar-refractivity contribution in [3.8, 4) is 11.1 Å². The van der Waals surface area contributed by atoms with Gasteiger partial charge in [-0.1, -0.05) is 72.8 Å². The van der Waals surface area contributed by atoms with E-state index < -0.39 is 29.8 Å². The average molecular weight is 501 g/mol. The fourth-order valence-electron chi connectivity index (χ4n) is 3.80. The van der Waals surface area contributed by atoms with Crippen LogP contribution in [-0.4, -0.2) is 42.3 Å². The zero-order chi connectivity index (χ0) is 26.6. The van der Waals surface area contributed by atoms with Crippen molar-refractivity contribution >= 4 is 23.7 Å². The first-order valence-electron chi connectivity index (χ1n) is 12.0. The van der Waals surface area contributed by atoms with Crippen molar-refractivity contribution in [3.63, 3.8) is 0 Å². The molecular formula is C28H32N6O3. The van der Waals surface area contributed by atoms with Gasteiger partial charge < -0.3 is 27.8 Å². The molecule has 2 atom stereocenters. The minimum Gasteiger partial charge on any atom is -0.370 e. The van der Waals surface area contributed by atoms with Gasteiger partial charge in [0.05, 0.1) is 0 Å². The minimum atomic E-state index is -0.933. The summed E-state index contributed by atoms with van der Waals surface area (Å²) < 4.78 is 0. The number of benzene rings is 3. The van der Waals surface area contributed by atoms with E-state index in [2.05, 4.69) is 15.6 Å². The van der Waals surface area contributed by atoms with Gasteiger partial charge in [-0.3, -0.25) is 19.4 Å². The number of hydrogen-bond acceptors (Lipinski definition) is 4. The molecule has 37 heavy (non-hydrogen) atoms. The molecule has 0 radical (unpaired) electrons. The summed E-state index contributed by atoms with van der Waals surface area (Å²) in [5.41, 5.74) is 19.6. The Balaban J connectivity index is 1.71. The van der Waals surface area contributed by atoms with Crippen molar-refractivity contribution in [1.82, 2.24) is 10.6 Å². The molecule has 0 fully saturated rings. The molecule has 3 amide bonds. The van der Waals surface area contributed by atoms with E-state index in [0.717, 1.165) is 16.7 Å². The van der Waals surface area contributed by atoms with Gasteiger partial charge >= 0.3 is 0 Å². The van der Waals surface area contributed by atoms with E-state index in [1.165, 1.54) is 0 Å². The van der Waals surface area contributed by atoms with Gasteiger partial charge in [-0.25, -0.2) is 0 Å². The lowest BCUT2D eigenvalue weighted by Gasteiger charge is -2.22. The molecule has 0 bridgehead atoms. The predicted octanol–water partition coefficient (Wildman–Crippen LogP) is 1.72. The maximum Gasteiger partial charge on any atom is 0.251 e. The Morgan fingerprint density at radius 1 is 0.730 bits per heavy atom. The molecule has 0 aliphatic heterocycles.